The van der Waals surface area contributed by atoms with Crippen molar-refractivity contribution < 1.29 is 9.53 Å². The Morgan fingerprint density at radius 3 is 2.77 bits per heavy atom. The molecule has 0 saturated carbocycles. The van der Waals surface area contributed by atoms with Gasteiger partial charge in [-0.15, -0.1) is 0 Å². The molecule has 2 aromatic rings. The van der Waals surface area contributed by atoms with Crippen LogP contribution in [0.25, 0.3) is 10.8 Å². The van der Waals surface area contributed by atoms with Gasteiger partial charge in [-0.3, -0.25) is 0 Å². The maximum absolute atomic E-state index is 12.1. The number of amides is 2. The number of ether oxygens (including phenoxy) is 1. The fraction of sp³-hybridized carbons (Fsp3) is 0.389. The topological polar surface area (TPSA) is 41.6 Å². The quantitative estimate of drug-likeness (QED) is 0.796. The van der Waals surface area contributed by atoms with Gasteiger partial charge < -0.3 is 15.0 Å². The number of carbonyl (C=O) groups is 1. The van der Waals surface area contributed by atoms with Crippen LogP contribution >= 0.6 is 0 Å². The molecule has 0 aliphatic rings. The Labute approximate surface area is 132 Å². The van der Waals surface area contributed by atoms with Crippen molar-refractivity contribution in [3.05, 3.63) is 48.0 Å². The minimum atomic E-state index is -0.0515. The lowest BCUT2D eigenvalue weighted by Gasteiger charge is -2.19. The third-order valence-electron chi connectivity index (χ3n) is 3.58. The summed E-state index contributed by atoms with van der Waals surface area (Å²) in [5.41, 5.74) is 1.16. The van der Waals surface area contributed by atoms with E-state index in [0.29, 0.717) is 19.7 Å². The van der Waals surface area contributed by atoms with Crippen LogP contribution in [0.3, 0.4) is 0 Å². The molecule has 0 radical (unpaired) electrons. The maximum atomic E-state index is 12.1. The normalized spacial score (nSPS) is 10.6. The van der Waals surface area contributed by atoms with Crippen LogP contribution in [0.4, 0.5) is 4.79 Å². The molecule has 1 N–H and O–H groups in total. The van der Waals surface area contributed by atoms with Crippen LogP contribution in [0.15, 0.2) is 42.5 Å². The Balaban J connectivity index is 1.90. The van der Waals surface area contributed by atoms with E-state index in [4.69, 9.17) is 4.74 Å². The Morgan fingerprint density at radius 1 is 1.18 bits per heavy atom. The van der Waals surface area contributed by atoms with E-state index in [1.54, 1.807) is 4.90 Å². The molecule has 0 unspecified atom stereocenters. The van der Waals surface area contributed by atoms with Crippen molar-refractivity contribution in [1.29, 1.82) is 0 Å². The summed E-state index contributed by atoms with van der Waals surface area (Å²) in [6, 6.07) is 14.4. The van der Waals surface area contributed by atoms with Gasteiger partial charge in [0, 0.05) is 33.4 Å². The molecule has 4 nitrogen and oxygen atoms in total. The first-order valence-electron chi connectivity index (χ1n) is 7.75. The van der Waals surface area contributed by atoms with Crippen molar-refractivity contribution in [3.63, 3.8) is 0 Å². The van der Waals surface area contributed by atoms with Gasteiger partial charge in [-0.2, -0.15) is 0 Å². The molecule has 0 saturated heterocycles. The zero-order valence-corrected chi connectivity index (χ0v) is 13.3. The highest BCUT2D eigenvalue weighted by molar-refractivity contribution is 5.86. The average Bonchev–Trinajstić information content (AvgIpc) is 2.54. The van der Waals surface area contributed by atoms with Gasteiger partial charge in [-0.05, 0) is 29.7 Å². The number of fused-ring (bicyclic) bond motifs is 1. The van der Waals surface area contributed by atoms with Crippen molar-refractivity contribution in [2.45, 2.75) is 19.9 Å². The summed E-state index contributed by atoms with van der Waals surface area (Å²) in [6.45, 7) is 4.60. The minimum absolute atomic E-state index is 0.0515. The highest BCUT2D eigenvalue weighted by Gasteiger charge is 2.10. The van der Waals surface area contributed by atoms with Crippen LogP contribution in [0.1, 0.15) is 18.9 Å². The lowest BCUT2D eigenvalue weighted by atomic mass is 10.0. The fourth-order valence-corrected chi connectivity index (χ4v) is 2.41. The first-order chi connectivity index (χ1) is 10.7. The molecular formula is C18H24N2O2. The average molecular weight is 300 g/mol. The third-order valence-corrected chi connectivity index (χ3v) is 3.58. The number of hydrogen-bond donors (Lipinski definition) is 1. The van der Waals surface area contributed by atoms with Crippen molar-refractivity contribution in [3.8, 4) is 0 Å². The van der Waals surface area contributed by atoms with Gasteiger partial charge in [-0.25, -0.2) is 4.79 Å². The third kappa shape index (κ3) is 4.46. The Hall–Kier alpha value is -2.07. The summed E-state index contributed by atoms with van der Waals surface area (Å²) in [7, 11) is 1.82. The largest absolute Gasteiger partial charge is 0.382 e. The van der Waals surface area contributed by atoms with E-state index in [-0.39, 0.29) is 6.03 Å². The lowest BCUT2D eigenvalue weighted by molar-refractivity contribution is 0.144. The van der Waals surface area contributed by atoms with Crippen LogP contribution < -0.4 is 5.32 Å². The zero-order valence-electron chi connectivity index (χ0n) is 13.3. The van der Waals surface area contributed by atoms with Gasteiger partial charge in [0.25, 0.3) is 0 Å². The standard InChI is InChI=1S/C18H24N2O2/c1-3-22-13-7-12-19-18(21)20(2)14-16-10-6-9-15-8-4-5-11-17(15)16/h4-6,8-11H,3,7,12-14H2,1-2H3,(H,19,21). The second-order valence-corrected chi connectivity index (χ2v) is 5.28. The molecule has 0 aromatic heterocycles. The lowest BCUT2D eigenvalue weighted by Crippen LogP contribution is -2.37. The number of carbonyl (C=O) groups excluding carboxylic acids is 1. The summed E-state index contributed by atoms with van der Waals surface area (Å²) in [5, 5.41) is 5.31. The zero-order chi connectivity index (χ0) is 15.8. The summed E-state index contributed by atoms with van der Waals surface area (Å²) < 4.78 is 5.25. The minimum Gasteiger partial charge on any atom is -0.382 e. The van der Waals surface area contributed by atoms with Crippen molar-refractivity contribution >= 4 is 16.8 Å². The van der Waals surface area contributed by atoms with Gasteiger partial charge in [0.15, 0.2) is 0 Å². The smallest absolute Gasteiger partial charge is 0.317 e. The second-order valence-electron chi connectivity index (χ2n) is 5.28. The number of nitrogens with zero attached hydrogens (tertiary/aromatic N) is 1. The van der Waals surface area contributed by atoms with E-state index in [1.165, 1.54) is 10.8 Å². The predicted octanol–water partition coefficient (Wildman–Crippen LogP) is 3.41. The van der Waals surface area contributed by atoms with Gasteiger partial charge in [0.2, 0.25) is 0 Å². The van der Waals surface area contributed by atoms with Crippen molar-refractivity contribution in [1.82, 2.24) is 10.2 Å². The summed E-state index contributed by atoms with van der Waals surface area (Å²) in [4.78, 5) is 13.8. The van der Waals surface area contributed by atoms with E-state index < -0.39 is 0 Å². The van der Waals surface area contributed by atoms with Crippen LogP contribution in [-0.4, -0.2) is 37.7 Å². The van der Waals surface area contributed by atoms with E-state index in [9.17, 15) is 4.79 Å². The fourth-order valence-electron chi connectivity index (χ4n) is 2.41. The second kappa shape index (κ2) is 8.39. The molecule has 0 bridgehead atoms. The van der Waals surface area contributed by atoms with E-state index in [0.717, 1.165) is 18.6 Å². The molecule has 4 heteroatoms. The molecule has 0 heterocycles. The van der Waals surface area contributed by atoms with Crippen molar-refractivity contribution in [2.24, 2.45) is 0 Å². The Kier molecular flexibility index (Phi) is 6.22. The molecule has 2 rings (SSSR count). The molecule has 2 aromatic carbocycles. The molecular weight excluding hydrogens is 276 g/mol. The van der Waals surface area contributed by atoms with Crippen LogP contribution in [-0.2, 0) is 11.3 Å². The maximum Gasteiger partial charge on any atom is 0.317 e. The van der Waals surface area contributed by atoms with Gasteiger partial charge in [0.05, 0.1) is 0 Å². The SMILES string of the molecule is CCOCCCNC(=O)N(C)Cc1cccc2ccccc12. The molecule has 0 spiro atoms. The Morgan fingerprint density at radius 2 is 1.95 bits per heavy atom. The van der Waals surface area contributed by atoms with Crippen LogP contribution in [0.2, 0.25) is 0 Å². The summed E-state index contributed by atoms with van der Waals surface area (Å²) in [6.07, 6.45) is 0.835. The number of urea groups is 1. The molecule has 2 amide bonds. The van der Waals surface area contributed by atoms with Crippen molar-refractivity contribution in [2.75, 3.05) is 26.8 Å². The van der Waals surface area contributed by atoms with Crippen LogP contribution in [0.5, 0.6) is 0 Å². The predicted molar refractivity (Wildman–Crippen MR) is 89.9 cm³/mol. The summed E-state index contributed by atoms with van der Waals surface area (Å²) in [5.74, 6) is 0. The molecule has 0 aliphatic carbocycles. The molecule has 0 fully saturated rings. The van der Waals surface area contributed by atoms with Gasteiger partial charge >= 0.3 is 6.03 Å². The first-order valence-corrected chi connectivity index (χ1v) is 7.75. The molecule has 118 valence electrons. The highest BCUT2D eigenvalue weighted by Crippen LogP contribution is 2.19. The summed E-state index contributed by atoms with van der Waals surface area (Å²) >= 11 is 0. The molecule has 0 aliphatic heterocycles. The monoisotopic (exact) mass is 300 g/mol. The number of hydrogen-bond acceptors (Lipinski definition) is 2. The van der Waals surface area contributed by atoms with E-state index in [2.05, 4.69) is 29.6 Å². The molecule has 0 atom stereocenters. The number of nitrogens with one attached hydrogen (secondary N) is 1. The van der Waals surface area contributed by atoms with Gasteiger partial charge in [0.1, 0.15) is 0 Å². The van der Waals surface area contributed by atoms with E-state index in [1.807, 2.05) is 32.2 Å². The van der Waals surface area contributed by atoms with Gasteiger partial charge in [-0.1, -0.05) is 42.5 Å². The molecule has 22 heavy (non-hydrogen) atoms. The van der Waals surface area contributed by atoms with Crippen LogP contribution in [0, 0.1) is 0 Å². The number of rotatable bonds is 7. The Bertz CT molecular complexity index is 608. The highest BCUT2D eigenvalue weighted by atomic mass is 16.5. The van der Waals surface area contributed by atoms with E-state index >= 15 is 0 Å². The first kappa shape index (κ1) is 16.3. The number of benzene rings is 2.